The fraction of sp³-hybridized carbons (Fsp3) is 0.316. The molecule has 1 unspecified atom stereocenters. The summed E-state index contributed by atoms with van der Waals surface area (Å²) in [6.45, 7) is -0.0741. The Bertz CT molecular complexity index is 778. The predicted molar refractivity (Wildman–Crippen MR) is 91.6 cm³/mol. The molecule has 2 aromatic rings. The Labute approximate surface area is 150 Å². The lowest BCUT2D eigenvalue weighted by Gasteiger charge is -2.24. The first-order valence-corrected chi connectivity index (χ1v) is 8.41. The van der Waals surface area contributed by atoms with Crippen molar-refractivity contribution < 1.29 is 23.8 Å². The van der Waals surface area contributed by atoms with E-state index in [-0.39, 0.29) is 25.1 Å². The molecule has 2 aromatic carbocycles. The average Bonchev–Trinajstić information content (AvgIpc) is 2.60. The number of carboxylic acids is 1. The van der Waals surface area contributed by atoms with Gasteiger partial charge in [-0.2, -0.15) is 0 Å². The summed E-state index contributed by atoms with van der Waals surface area (Å²) < 4.78 is 24.4. The minimum Gasteiger partial charge on any atom is -0.489 e. The van der Waals surface area contributed by atoms with E-state index in [0.29, 0.717) is 22.8 Å². The van der Waals surface area contributed by atoms with E-state index in [4.69, 9.17) is 26.2 Å². The molecule has 25 heavy (non-hydrogen) atoms. The molecule has 132 valence electrons. The minimum absolute atomic E-state index is 0.0681. The van der Waals surface area contributed by atoms with Gasteiger partial charge in [-0.25, -0.2) is 9.18 Å². The van der Waals surface area contributed by atoms with Crippen molar-refractivity contribution in [2.45, 2.75) is 32.0 Å². The Kier molecular flexibility index (Phi) is 5.56. The lowest BCUT2D eigenvalue weighted by Crippen LogP contribution is -2.25. The highest BCUT2D eigenvalue weighted by molar-refractivity contribution is 6.31. The second-order valence-electron chi connectivity index (χ2n) is 6.02. The summed E-state index contributed by atoms with van der Waals surface area (Å²) in [4.78, 5) is 10.6. The van der Waals surface area contributed by atoms with E-state index in [2.05, 4.69) is 0 Å². The SMILES string of the molecule is O=C(O)COC1CCc2cc(OCc3cc(F)ccc3Cl)ccc2C1. The summed E-state index contributed by atoms with van der Waals surface area (Å²) in [5.41, 5.74) is 2.90. The number of rotatable bonds is 6. The summed E-state index contributed by atoms with van der Waals surface area (Å²) in [6.07, 6.45) is 2.21. The van der Waals surface area contributed by atoms with Gasteiger partial charge < -0.3 is 14.6 Å². The Morgan fingerprint density at radius 2 is 2.08 bits per heavy atom. The molecule has 0 saturated heterocycles. The molecule has 0 aliphatic heterocycles. The van der Waals surface area contributed by atoms with Crippen LogP contribution in [0.2, 0.25) is 5.02 Å². The zero-order valence-corrected chi connectivity index (χ0v) is 14.3. The smallest absolute Gasteiger partial charge is 0.329 e. The molecule has 0 fully saturated rings. The molecule has 0 radical (unpaired) electrons. The van der Waals surface area contributed by atoms with Crippen LogP contribution in [0.4, 0.5) is 4.39 Å². The van der Waals surface area contributed by atoms with E-state index in [1.54, 1.807) is 0 Å². The Balaban J connectivity index is 1.62. The highest BCUT2D eigenvalue weighted by Gasteiger charge is 2.20. The van der Waals surface area contributed by atoms with Crippen LogP contribution in [0.15, 0.2) is 36.4 Å². The van der Waals surface area contributed by atoms with Gasteiger partial charge in [0.25, 0.3) is 0 Å². The minimum atomic E-state index is -0.953. The summed E-state index contributed by atoms with van der Waals surface area (Å²) in [5.74, 6) is -0.601. The third-order valence-electron chi connectivity index (χ3n) is 4.21. The molecule has 1 atom stereocenters. The van der Waals surface area contributed by atoms with Gasteiger partial charge >= 0.3 is 5.97 Å². The predicted octanol–water partition coefficient (Wildman–Crippen LogP) is 4.02. The largest absolute Gasteiger partial charge is 0.489 e. The van der Waals surface area contributed by atoms with E-state index in [1.807, 2.05) is 18.2 Å². The average molecular weight is 365 g/mol. The van der Waals surface area contributed by atoms with Crippen molar-refractivity contribution >= 4 is 17.6 Å². The topological polar surface area (TPSA) is 55.8 Å². The second-order valence-corrected chi connectivity index (χ2v) is 6.43. The number of carboxylic acid groups (broad SMARTS) is 1. The van der Waals surface area contributed by atoms with Gasteiger partial charge in [-0.15, -0.1) is 0 Å². The molecule has 0 amide bonds. The van der Waals surface area contributed by atoms with Crippen molar-refractivity contribution in [1.82, 2.24) is 0 Å². The van der Waals surface area contributed by atoms with Gasteiger partial charge in [0.05, 0.1) is 6.10 Å². The normalized spacial score (nSPS) is 16.3. The molecule has 1 aliphatic rings. The van der Waals surface area contributed by atoms with Gasteiger partial charge in [-0.1, -0.05) is 17.7 Å². The van der Waals surface area contributed by atoms with Gasteiger partial charge in [0.15, 0.2) is 0 Å². The molecule has 6 heteroatoms. The van der Waals surface area contributed by atoms with E-state index in [1.165, 1.54) is 18.2 Å². The monoisotopic (exact) mass is 364 g/mol. The third kappa shape index (κ3) is 4.71. The van der Waals surface area contributed by atoms with Crippen molar-refractivity contribution in [2.24, 2.45) is 0 Å². The molecule has 3 rings (SSSR count). The molecule has 4 nitrogen and oxygen atoms in total. The van der Waals surface area contributed by atoms with Gasteiger partial charge in [0.2, 0.25) is 0 Å². The first-order chi connectivity index (χ1) is 12.0. The van der Waals surface area contributed by atoms with Gasteiger partial charge in [0, 0.05) is 10.6 Å². The Hall–Kier alpha value is -2.11. The van der Waals surface area contributed by atoms with Crippen molar-refractivity contribution in [3.63, 3.8) is 0 Å². The first kappa shape index (κ1) is 17.7. The molecule has 1 N–H and O–H groups in total. The van der Waals surface area contributed by atoms with Crippen molar-refractivity contribution in [3.8, 4) is 5.75 Å². The Morgan fingerprint density at radius 3 is 2.88 bits per heavy atom. The van der Waals surface area contributed by atoms with Gasteiger partial charge in [-0.3, -0.25) is 0 Å². The van der Waals surface area contributed by atoms with Crippen LogP contribution in [0.3, 0.4) is 0 Å². The molecule has 1 aliphatic carbocycles. The number of hydrogen-bond acceptors (Lipinski definition) is 3. The van der Waals surface area contributed by atoms with Crippen LogP contribution in [-0.4, -0.2) is 23.8 Å². The summed E-state index contributed by atoms with van der Waals surface area (Å²) in [5, 5.41) is 9.16. The van der Waals surface area contributed by atoms with Crippen LogP contribution < -0.4 is 4.74 Å². The number of fused-ring (bicyclic) bond motifs is 1. The number of aliphatic carboxylic acids is 1. The number of hydrogen-bond donors (Lipinski definition) is 1. The number of benzene rings is 2. The first-order valence-electron chi connectivity index (χ1n) is 8.03. The highest BCUT2D eigenvalue weighted by atomic mass is 35.5. The lowest BCUT2D eigenvalue weighted by atomic mass is 9.89. The van der Waals surface area contributed by atoms with Gasteiger partial charge in [-0.05, 0) is 60.7 Å². The number of aryl methyl sites for hydroxylation is 1. The Morgan fingerprint density at radius 1 is 1.24 bits per heavy atom. The van der Waals surface area contributed by atoms with E-state index in [0.717, 1.165) is 24.0 Å². The fourth-order valence-electron chi connectivity index (χ4n) is 2.93. The van der Waals surface area contributed by atoms with Gasteiger partial charge in [0.1, 0.15) is 24.8 Å². The molecule has 0 bridgehead atoms. The van der Waals surface area contributed by atoms with Crippen molar-refractivity contribution in [3.05, 3.63) is 63.9 Å². The van der Waals surface area contributed by atoms with Crippen LogP contribution in [0.1, 0.15) is 23.1 Å². The van der Waals surface area contributed by atoms with Crippen LogP contribution in [0.25, 0.3) is 0 Å². The quantitative estimate of drug-likeness (QED) is 0.841. The molecule has 0 heterocycles. The maximum atomic E-state index is 13.3. The van der Waals surface area contributed by atoms with Crippen molar-refractivity contribution in [1.29, 1.82) is 0 Å². The van der Waals surface area contributed by atoms with Crippen LogP contribution in [0.5, 0.6) is 5.75 Å². The van der Waals surface area contributed by atoms with Crippen LogP contribution in [0, 0.1) is 5.82 Å². The highest BCUT2D eigenvalue weighted by Crippen LogP contribution is 2.28. The number of ether oxygens (including phenoxy) is 2. The van der Waals surface area contributed by atoms with E-state index >= 15 is 0 Å². The van der Waals surface area contributed by atoms with E-state index in [9.17, 15) is 9.18 Å². The molecular weight excluding hydrogens is 347 g/mol. The fourth-order valence-corrected chi connectivity index (χ4v) is 3.11. The summed E-state index contributed by atoms with van der Waals surface area (Å²) in [6, 6.07) is 9.98. The van der Waals surface area contributed by atoms with Crippen LogP contribution >= 0.6 is 11.6 Å². The van der Waals surface area contributed by atoms with Crippen LogP contribution in [-0.2, 0) is 29.0 Å². The number of halogens is 2. The third-order valence-corrected chi connectivity index (χ3v) is 4.57. The molecular formula is C19H18ClFO4. The number of carbonyl (C=O) groups is 1. The van der Waals surface area contributed by atoms with E-state index < -0.39 is 5.97 Å². The zero-order chi connectivity index (χ0) is 17.8. The molecule has 0 spiro atoms. The van der Waals surface area contributed by atoms with Crippen molar-refractivity contribution in [2.75, 3.05) is 6.61 Å². The molecule has 0 saturated carbocycles. The lowest BCUT2D eigenvalue weighted by molar-refractivity contribution is -0.144. The zero-order valence-electron chi connectivity index (χ0n) is 13.5. The molecule has 0 aromatic heterocycles. The second kappa shape index (κ2) is 7.85. The maximum Gasteiger partial charge on any atom is 0.329 e. The standard InChI is InChI=1S/C19H18ClFO4/c20-18-6-3-15(21)7-14(18)10-24-16-4-1-13-9-17(25-11-19(22)23)5-2-12(13)8-16/h1,3-4,6-8,17H,2,5,9-11H2,(H,22,23). The maximum absolute atomic E-state index is 13.3. The summed E-state index contributed by atoms with van der Waals surface area (Å²) >= 11 is 6.04. The summed E-state index contributed by atoms with van der Waals surface area (Å²) in [7, 11) is 0.